The highest BCUT2D eigenvalue weighted by molar-refractivity contribution is 6.35. The van der Waals surface area contributed by atoms with Gasteiger partial charge in [-0.3, -0.25) is 4.79 Å². The van der Waals surface area contributed by atoms with Gasteiger partial charge in [0.1, 0.15) is 0 Å². The lowest BCUT2D eigenvalue weighted by Gasteiger charge is -2.26. The maximum Gasteiger partial charge on any atom is 0.303 e. The van der Waals surface area contributed by atoms with Crippen LogP contribution in [0, 0.1) is 17.8 Å². The number of halogens is 2. The molecule has 146 valence electrons. The molecule has 0 radical (unpaired) electrons. The highest BCUT2D eigenvalue weighted by atomic mass is 35.5. The van der Waals surface area contributed by atoms with Crippen LogP contribution in [0.4, 0.5) is 0 Å². The Kier molecular flexibility index (Phi) is 8.68. The molecule has 2 rings (SSSR count). The van der Waals surface area contributed by atoms with E-state index in [-0.39, 0.29) is 24.5 Å². The molecule has 0 spiro atoms. The van der Waals surface area contributed by atoms with Crippen LogP contribution in [0.5, 0.6) is 0 Å². The summed E-state index contributed by atoms with van der Waals surface area (Å²) >= 11 is 12.1. The molecule has 5 atom stereocenters. The second kappa shape index (κ2) is 10.5. The number of carbonyl (C=O) groups is 1. The van der Waals surface area contributed by atoms with Gasteiger partial charge < -0.3 is 14.9 Å². The van der Waals surface area contributed by atoms with Crippen molar-refractivity contribution in [2.75, 3.05) is 6.61 Å². The van der Waals surface area contributed by atoms with E-state index in [1.54, 1.807) is 6.08 Å². The van der Waals surface area contributed by atoms with Crippen molar-refractivity contribution in [1.82, 2.24) is 0 Å². The second-order valence-corrected chi connectivity index (χ2v) is 8.24. The molecule has 0 saturated heterocycles. The van der Waals surface area contributed by atoms with Crippen molar-refractivity contribution in [3.05, 3.63) is 34.4 Å². The maximum absolute atomic E-state index is 10.5. The smallest absolute Gasteiger partial charge is 0.303 e. The van der Waals surface area contributed by atoms with Gasteiger partial charge in [-0.05, 0) is 49.7 Å². The van der Waals surface area contributed by atoms with Crippen molar-refractivity contribution >= 4 is 29.2 Å². The van der Waals surface area contributed by atoms with Crippen molar-refractivity contribution in [1.29, 1.82) is 0 Å². The average molecular weight is 403 g/mol. The zero-order valence-electron chi connectivity index (χ0n) is 15.1. The molecule has 4 nitrogen and oxygen atoms in total. The van der Waals surface area contributed by atoms with Gasteiger partial charge in [0.05, 0.1) is 18.8 Å². The summed E-state index contributed by atoms with van der Waals surface area (Å²) in [5, 5.41) is 20.3. The van der Waals surface area contributed by atoms with Crippen molar-refractivity contribution < 1.29 is 19.7 Å². The molecule has 2 aliphatic carbocycles. The van der Waals surface area contributed by atoms with Gasteiger partial charge in [-0.2, -0.15) is 0 Å². The maximum atomic E-state index is 10.5. The van der Waals surface area contributed by atoms with Crippen LogP contribution in [-0.2, 0) is 9.53 Å². The summed E-state index contributed by atoms with van der Waals surface area (Å²) < 4.78 is 5.99. The topological polar surface area (TPSA) is 66.8 Å². The standard InChI is InChI=1S/C20H28Cl2O4/c1-13-8-19(23)18(12-26-16-10-14(21)9-15(22)11-16)17(13)6-4-2-3-5-7-20(24)25/h2,4,9-10,13,16-19,23H,3,5-8,11-12H2,1H3,(H,24,25)/b4-2-/t13-,16?,17+,18-,19-/m1/s1. The lowest BCUT2D eigenvalue weighted by atomic mass is 9.87. The first-order valence-electron chi connectivity index (χ1n) is 9.26. The van der Waals surface area contributed by atoms with Crippen LogP contribution < -0.4 is 0 Å². The van der Waals surface area contributed by atoms with Crippen LogP contribution in [0.3, 0.4) is 0 Å². The van der Waals surface area contributed by atoms with Crippen LogP contribution in [0.1, 0.15) is 45.4 Å². The van der Waals surface area contributed by atoms with Crippen molar-refractivity contribution in [3.63, 3.8) is 0 Å². The molecular weight excluding hydrogens is 375 g/mol. The first-order valence-corrected chi connectivity index (χ1v) is 10.0. The molecule has 0 aromatic heterocycles. The highest BCUT2D eigenvalue weighted by Crippen LogP contribution is 2.40. The third-order valence-electron chi connectivity index (χ3n) is 5.26. The fraction of sp³-hybridized carbons (Fsp3) is 0.650. The van der Waals surface area contributed by atoms with Gasteiger partial charge in [-0.1, -0.05) is 42.3 Å². The van der Waals surface area contributed by atoms with Gasteiger partial charge in [0, 0.05) is 28.8 Å². The number of ether oxygens (including phenoxy) is 1. The largest absolute Gasteiger partial charge is 0.481 e. The molecule has 2 aliphatic rings. The van der Waals surface area contributed by atoms with E-state index in [0.29, 0.717) is 41.3 Å². The molecule has 26 heavy (non-hydrogen) atoms. The number of carboxylic acid groups (broad SMARTS) is 1. The van der Waals surface area contributed by atoms with E-state index in [4.69, 9.17) is 33.0 Å². The zero-order chi connectivity index (χ0) is 19.1. The minimum absolute atomic E-state index is 0.0885. The number of carboxylic acids is 1. The van der Waals surface area contributed by atoms with Crippen LogP contribution >= 0.6 is 23.2 Å². The monoisotopic (exact) mass is 402 g/mol. The van der Waals surface area contributed by atoms with Crippen LogP contribution in [0.25, 0.3) is 0 Å². The molecule has 1 saturated carbocycles. The predicted molar refractivity (Wildman–Crippen MR) is 104 cm³/mol. The van der Waals surface area contributed by atoms with E-state index in [1.807, 2.05) is 12.2 Å². The van der Waals surface area contributed by atoms with Gasteiger partial charge in [-0.15, -0.1) is 0 Å². The lowest BCUT2D eigenvalue weighted by molar-refractivity contribution is -0.137. The number of hydrogen-bond acceptors (Lipinski definition) is 3. The lowest BCUT2D eigenvalue weighted by Crippen LogP contribution is -2.28. The predicted octanol–water partition coefficient (Wildman–Crippen LogP) is 4.86. The van der Waals surface area contributed by atoms with E-state index in [1.165, 1.54) is 0 Å². The Bertz CT molecular complexity index is 570. The minimum atomic E-state index is -0.755. The Hall–Kier alpha value is -0.810. The number of hydrogen-bond donors (Lipinski definition) is 2. The Morgan fingerprint density at radius 3 is 2.81 bits per heavy atom. The van der Waals surface area contributed by atoms with E-state index in [2.05, 4.69) is 13.0 Å². The Balaban J connectivity index is 1.82. The molecule has 0 bridgehead atoms. The number of aliphatic hydroxyl groups excluding tert-OH is 1. The molecule has 0 amide bonds. The molecule has 2 N–H and O–H groups in total. The summed E-state index contributed by atoms with van der Waals surface area (Å²) in [7, 11) is 0. The number of unbranched alkanes of at least 4 members (excludes halogenated alkanes) is 1. The normalized spacial score (nSPS) is 31.9. The third-order valence-corrected chi connectivity index (χ3v) is 5.76. The van der Waals surface area contributed by atoms with Gasteiger partial charge in [0.2, 0.25) is 0 Å². The summed E-state index contributed by atoms with van der Waals surface area (Å²) in [6.45, 7) is 2.65. The second-order valence-electron chi connectivity index (χ2n) is 7.32. The number of aliphatic carboxylic acids is 1. The number of aliphatic hydroxyl groups is 1. The molecule has 0 heterocycles. The van der Waals surface area contributed by atoms with E-state index < -0.39 is 5.97 Å². The molecule has 6 heteroatoms. The molecule has 1 fully saturated rings. The molecule has 0 aromatic carbocycles. The Morgan fingerprint density at radius 1 is 1.35 bits per heavy atom. The van der Waals surface area contributed by atoms with E-state index in [0.717, 1.165) is 19.3 Å². The molecule has 0 aromatic rings. The van der Waals surface area contributed by atoms with Gasteiger partial charge >= 0.3 is 5.97 Å². The summed E-state index contributed by atoms with van der Waals surface area (Å²) in [6, 6.07) is 0. The number of allylic oxidation sites excluding steroid dienone is 4. The van der Waals surface area contributed by atoms with Crippen molar-refractivity contribution in [2.24, 2.45) is 17.8 Å². The summed E-state index contributed by atoms with van der Waals surface area (Å²) in [5.41, 5.74) is 0. The quantitative estimate of drug-likeness (QED) is 0.427. The van der Waals surface area contributed by atoms with Crippen molar-refractivity contribution in [3.8, 4) is 0 Å². The average Bonchev–Trinajstić information content (AvgIpc) is 2.81. The zero-order valence-corrected chi connectivity index (χ0v) is 16.6. The molecule has 0 aliphatic heterocycles. The summed E-state index contributed by atoms with van der Waals surface area (Å²) in [6.07, 6.45) is 11.2. The highest BCUT2D eigenvalue weighted by Gasteiger charge is 2.39. The Morgan fingerprint density at radius 2 is 2.12 bits per heavy atom. The van der Waals surface area contributed by atoms with Crippen LogP contribution in [0.15, 0.2) is 34.4 Å². The number of rotatable bonds is 9. The summed E-state index contributed by atoms with van der Waals surface area (Å²) in [5.74, 6) is 0.117. The first kappa shape index (κ1) is 21.5. The Labute approximate surface area is 165 Å². The molecule has 1 unspecified atom stereocenters. The van der Waals surface area contributed by atoms with E-state index in [9.17, 15) is 9.90 Å². The first-order chi connectivity index (χ1) is 12.4. The van der Waals surface area contributed by atoms with Gasteiger partial charge in [-0.25, -0.2) is 0 Å². The SMILES string of the molecule is C[C@@H]1C[C@@H](O)[C@H](COC2C=C(Cl)C=C(Cl)C2)[C@H]1C/C=C\CCCC(=O)O. The fourth-order valence-corrected chi connectivity index (χ4v) is 4.45. The van der Waals surface area contributed by atoms with Gasteiger partial charge in [0.15, 0.2) is 0 Å². The van der Waals surface area contributed by atoms with Crippen LogP contribution in [0.2, 0.25) is 0 Å². The molecular formula is C20H28Cl2O4. The van der Waals surface area contributed by atoms with E-state index >= 15 is 0 Å². The minimum Gasteiger partial charge on any atom is -0.481 e. The van der Waals surface area contributed by atoms with Crippen molar-refractivity contribution in [2.45, 2.75) is 57.7 Å². The van der Waals surface area contributed by atoms with Crippen LogP contribution in [-0.4, -0.2) is 35.0 Å². The van der Waals surface area contributed by atoms with Gasteiger partial charge in [0.25, 0.3) is 0 Å². The summed E-state index contributed by atoms with van der Waals surface area (Å²) in [4.78, 5) is 10.5. The fourth-order valence-electron chi connectivity index (χ4n) is 3.85. The third kappa shape index (κ3) is 6.73.